The van der Waals surface area contributed by atoms with Gasteiger partial charge in [-0.05, 0) is 17.7 Å². The molecule has 0 heterocycles. The highest BCUT2D eigenvalue weighted by atomic mass is 19.4. The monoisotopic (exact) mass is 243 g/mol. The van der Waals surface area contributed by atoms with E-state index in [0.717, 1.165) is 12.1 Å². The first-order valence-corrected chi connectivity index (χ1v) is 3.93. The van der Waals surface area contributed by atoms with Gasteiger partial charge in [0.15, 0.2) is 0 Å². The third-order valence-electron chi connectivity index (χ3n) is 1.75. The van der Waals surface area contributed by atoms with Gasteiger partial charge in [0.25, 0.3) is 6.17 Å². The van der Waals surface area contributed by atoms with Crippen LogP contribution in [0.5, 0.6) is 5.75 Å². The molecule has 0 fully saturated rings. The van der Waals surface area contributed by atoms with E-state index in [2.05, 4.69) is 0 Å². The van der Waals surface area contributed by atoms with Crippen LogP contribution in [0, 0.1) is 6.17 Å². The number of alkyl halides is 5. The number of phenols is 1. The van der Waals surface area contributed by atoms with Gasteiger partial charge in [-0.25, -0.2) is 4.39 Å². The Kier molecular flexibility index (Phi) is 3.07. The molecule has 16 heavy (non-hydrogen) atoms. The fourth-order valence-corrected chi connectivity index (χ4v) is 0.913. The highest BCUT2D eigenvalue weighted by Gasteiger charge is 2.64. The Hall–Kier alpha value is -1.40. The quantitative estimate of drug-likeness (QED) is 0.789. The van der Waals surface area contributed by atoms with Gasteiger partial charge in [-0.2, -0.15) is 22.0 Å². The van der Waals surface area contributed by atoms with Gasteiger partial charge < -0.3 is 5.11 Å². The fraction of sp³-hybridized carbons (Fsp3) is 0.222. The van der Waals surface area contributed by atoms with E-state index in [-0.39, 0.29) is 5.75 Å². The summed E-state index contributed by atoms with van der Waals surface area (Å²) in [5.74, 6) is -5.91. The number of hydrogen-bond acceptors (Lipinski definition) is 1. The summed E-state index contributed by atoms with van der Waals surface area (Å²) in [6.45, 7) is 0. The predicted molar refractivity (Wildman–Crippen MR) is 42.6 cm³/mol. The van der Waals surface area contributed by atoms with Crippen LogP contribution in [0.25, 0.3) is 0 Å². The van der Waals surface area contributed by atoms with Gasteiger partial charge in [-0.1, -0.05) is 12.1 Å². The molecule has 89 valence electrons. The second-order valence-electron chi connectivity index (χ2n) is 2.93. The Morgan fingerprint density at radius 1 is 0.938 bits per heavy atom. The summed E-state index contributed by atoms with van der Waals surface area (Å²) >= 11 is 0. The van der Waals surface area contributed by atoms with E-state index in [9.17, 15) is 26.3 Å². The summed E-state index contributed by atoms with van der Waals surface area (Å²) in [4.78, 5) is 0. The van der Waals surface area contributed by atoms with Crippen molar-refractivity contribution in [2.24, 2.45) is 0 Å². The largest absolute Gasteiger partial charge is 0.508 e. The number of benzene rings is 1. The molecule has 0 bridgehead atoms. The zero-order valence-electron chi connectivity index (χ0n) is 7.52. The van der Waals surface area contributed by atoms with E-state index >= 15 is 0 Å². The Balaban J connectivity index is 3.02. The van der Waals surface area contributed by atoms with Gasteiger partial charge in [0, 0.05) is 0 Å². The van der Waals surface area contributed by atoms with E-state index in [1.807, 2.05) is 0 Å². The maximum atomic E-state index is 12.9. The van der Waals surface area contributed by atoms with Crippen molar-refractivity contribution < 1.29 is 31.4 Å². The van der Waals surface area contributed by atoms with E-state index in [1.54, 1.807) is 0 Å². The van der Waals surface area contributed by atoms with Gasteiger partial charge in [0.2, 0.25) is 0 Å². The van der Waals surface area contributed by atoms with Crippen LogP contribution in [0.15, 0.2) is 24.3 Å². The van der Waals surface area contributed by atoms with Gasteiger partial charge in [0.05, 0.1) is 0 Å². The molecule has 1 nitrogen and oxygen atoms in total. The maximum Gasteiger partial charge on any atom is 0.457 e. The molecular formula is C9H5F6O. The van der Waals surface area contributed by atoms with E-state index in [1.165, 1.54) is 0 Å². The van der Waals surface area contributed by atoms with Crippen LogP contribution in [0.4, 0.5) is 26.3 Å². The lowest BCUT2D eigenvalue weighted by Crippen LogP contribution is -2.41. The molecule has 1 aromatic carbocycles. The summed E-state index contributed by atoms with van der Waals surface area (Å²) in [5, 5.41) is 8.76. The fourth-order valence-electron chi connectivity index (χ4n) is 0.913. The van der Waals surface area contributed by atoms with E-state index in [0.29, 0.717) is 12.1 Å². The topological polar surface area (TPSA) is 20.2 Å². The molecule has 0 atom stereocenters. The molecule has 1 radical (unpaired) electrons. The predicted octanol–water partition coefficient (Wildman–Crippen LogP) is 3.44. The van der Waals surface area contributed by atoms with Crippen molar-refractivity contribution in [2.45, 2.75) is 12.1 Å². The molecule has 1 N–H and O–H groups in total. The molecule has 0 spiro atoms. The number of phenolic OH excluding ortho intramolecular Hbond substituents is 1. The van der Waals surface area contributed by atoms with Gasteiger partial charge in [-0.15, -0.1) is 0 Å². The Morgan fingerprint density at radius 3 is 1.75 bits per heavy atom. The van der Waals surface area contributed by atoms with Crippen molar-refractivity contribution in [3.63, 3.8) is 0 Å². The Labute approximate surface area is 86.3 Å². The minimum Gasteiger partial charge on any atom is -0.508 e. The Morgan fingerprint density at radius 2 is 1.38 bits per heavy atom. The molecular weight excluding hydrogens is 238 g/mol. The lowest BCUT2D eigenvalue weighted by atomic mass is 10.0. The van der Waals surface area contributed by atoms with Crippen LogP contribution in [-0.4, -0.2) is 17.2 Å². The van der Waals surface area contributed by atoms with E-state index in [4.69, 9.17) is 5.11 Å². The summed E-state index contributed by atoms with van der Waals surface area (Å²) in [7, 11) is 0. The second kappa shape index (κ2) is 3.88. The number of aromatic hydroxyl groups is 1. The number of halogens is 6. The van der Waals surface area contributed by atoms with Crippen molar-refractivity contribution in [3.05, 3.63) is 36.0 Å². The zero-order chi connectivity index (χ0) is 12.6. The average Bonchev–Trinajstić information content (AvgIpc) is 2.16. The first-order chi connectivity index (χ1) is 7.16. The van der Waals surface area contributed by atoms with Gasteiger partial charge >= 0.3 is 12.1 Å². The molecule has 0 saturated heterocycles. The average molecular weight is 243 g/mol. The Bertz CT molecular complexity index is 355. The molecule has 0 aliphatic carbocycles. The van der Waals surface area contributed by atoms with Crippen molar-refractivity contribution in [3.8, 4) is 5.75 Å². The molecule has 0 aliphatic rings. The molecule has 1 aromatic rings. The smallest absolute Gasteiger partial charge is 0.457 e. The molecule has 0 amide bonds. The maximum absolute atomic E-state index is 12.9. The van der Waals surface area contributed by atoms with Crippen LogP contribution in [0.1, 0.15) is 5.56 Å². The second-order valence-corrected chi connectivity index (χ2v) is 2.93. The van der Waals surface area contributed by atoms with Crippen LogP contribution in [-0.2, 0) is 0 Å². The lowest BCUT2D eigenvalue weighted by Gasteiger charge is -2.22. The standard InChI is InChI=1S/C9H5F6O/c10-7(8(11,12)9(13,14)15)5-1-3-6(16)4-2-5/h1-4,16H. The van der Waals surface area contributed by atoms with Crippen LogP contribution in [0.3, 0.4) is 0 Å². The summed E-state index contributed by atoms with van der Waals surface area (Å²) in [6, 6.07) is 2.87. The van der Waals surface area contributed by atoms with Gasteiger partial charge in [0.1, 0.15) is 5.75 Å². The third-order valence-corrected chi connectivity index (χ3v) is 1.75. The molecule has 0 saturated carbocycles. The third kappa shape index (κ3) is 2.23. The number of hydrogen-bond donors (Lipinski definition) is 1. The highest BCUT2D eigenvalue weighted by Crippen LogP contribution is 2.45. The summed E-state index contributed by atoms with van der Waals surface area (Å²) < 4.78 is 73.3. The van der Waals surface area contributed by atoms with Crippen molar-refractivity contribution in [1.29, 1.82) is 0 Å². The lowest BCUT2D eigenvalue weighted by molar-refractivity contribution is -0.280. The van der Waals surface area contributed by atoms with E-state index < -0.39 is 23.8 Å². The first-order valence-electron chi connectivity index (χ1n) is 3.93. The first kappa shape index (κ1) is 12.7. The molecule has 0 unspecified atom stereocenters. The molecule has 0 aliphatic heterocycles. The minimum absolute atomic E-state index is 0.369. The minimum atomic E-state index is -5.99. The molecule has 0 aromatic heterocycles. The SMILES string of the molecule is Oc1ccc([C](F)C(F)(F)C(F)(F)F)cc1. The number of rotatable bonds is 2. The summed E-state index contributed by atoms with van der Waals surface area (Å²) in [6.07, 6.45) is -8.59. The summed E-state index contributed by atoms with van der Waals surface area (Å²) in [5.41, 5.74) is -0.930. The highest BCUT2D eigenvalue weighted by molar-refractivity contribution is 5.35. The molecule has 1 rings (SSSR count). The van der Waals surface area contributed by atoms with Crippen LogP contribution < -0.4 is 0 Å². The van der Waals surface area contributed by atoms with Crippen LogP contribution in [0.2, 0.25) is 0 Å². The normalized spacial score (nSPS) is 13.2. The van der Waals surface area contributed by atoms with Crippen LogP contribution >= 0.6 is 0 Å². The van der Waals surface area contributed by atoms with Crippen molar-refractivity contribution >= 4 is 0 Å². The van der Waals surface area contributed by atoms with Crippen molar-refractivity contribution in [1.82, 2.24) is 0 Å². The van der Waals surface area contributed by atoms with Crippen molar-refractivity contribution in [2.75, 3.05) is 0 Å². The van der Waals surface area contributed by atoms with Gasteiger partial charge in [-0.3, -0.25) is 0 Å². The molecule has 7 heteroatoms. The zero-order valence-corrected chi connectivity index (χ0v) is 7.52.